The number of methoxy groups -OCH3 is 1. The van der Waals surface area contributed by atoms with Crippen LogP contribution in [0.1, 0.15) is 55.2 Å². The van der Waals surface area contributed by atoms with Crippen molar-refractivity contribution < 1.29 is 19.0 Å². The Bertz CT molecular complexity index is 1200. The maximum absolute atomic E-state index is 15.1. The molecular weight excluding hydrogens is 403 g/mol. The van der Waals surface area contributed by atoms with Gasteiger partial charge < -0.3 is 24.1 Å². The predicted molar refractivity (Wildman–Crippen MR) is 113 cm³/mol. The Balaban J connectivity index is 1.66. The quantitative estimate of drug-likeness (QED) is 0.603. The Morgan fingerprint density at radius 3 is 2.77 bits per heavy atom. The van der Waals surface area contributed by atoms with E-state index in [2.05, 4.69) is 10.3 Å². The van der Waals surface area contributed by atoms with Crippen molar-refractivity contribution in [3.05, 3.63) is 58.2 Å². The van der Waals surface area contributed by atoms with Gasteiger partial charge in [-0.3, -0.25) is 9.59 Å². The molecule has 3 aromatic rings. The summed E-state index contributed by atoms with van der Waals surface area (Å²) in [6.45, 7) is 3.39. The van der Waals surface area contributed by atoms with Crippen LogP contribution in [0.4, 0.5) is 10.1 Å². The first kappa shape index (κ1) is 21.0. The number of aryl methyl sites for hydroxylation is 1. The average Bonchev–Trinajstić information content (AvgIpc) is 3.45. The molecule has 0 aliphatic heterocycles. The van der Waals surface area contributed by atoms with Crippen molar-refractivity contribution in [3.63, 3.8) is 0 Å². The fourth-order valence-electron chi connectivity index (χ4n) is 3.48. The summed E-state index contributed by atoms with van der Waals surface area (Å²) >= 11 is 0. The van der Waals surface area contributed by atoms with Crippen LogP contribution in [-0.2, 0) is 6.42 Å². The lowest BCUT2D eigenvalue weighted by Gasteiger charge is -2.15. The number of fused-ring (bicyclic) bond motifs is 1. The van der Waals surface area contributed by atoms with E-state index < -0.39 is 17.3 Å². The van der Waals surface area contributed by atoms with Crippen LogP contribution >= 0.6 is 0 Å². The van der Waals surface area contributed by atoms with Crippen LogP contribution in [0.25, 0.3) is 5.65 Å². The number of pyridine rings is 2. The van der Waals surface area contributed by atoms with Crippen molar-refractivity contribution in [1.29, 1.82) is 0 Å². The Morgan fingerprint density at radius 1 is 1.39 bits per heavy atom. The van der Waals surface area contributed by atoms with Crippen molar-refractivity contribution in [2.75, 3.05) is 12.4 Å². The molecule has 2 N–H and O–H groups in total. The molecule has 0 atom stereocenters. The van der Waals surface area contributed by atoms with Crippen LogP contribution in [0.5, 0.6) is 5.75 Å². The number of carbonyl (C=O) groups is 1. The van der Waals surface area contributed by atoms with Crippen molar-refractivity contribution in [1.82, 2.24) is 14.0 Å². The number of imidazole rings is 1. The van der Waals surface area contributed by atoms with Crippen LogP contribution in [-0.4, -0.2) is 37.7 Å². The first-order chi connectivity index (χ1) is 14.7. The molecule has 1 saturated carbocycles. The monoisotopic (exact) mass is 428 g/mol. The number of nitrogens with zero attached hydrogens (tertiary/aromatic N) is 3. The lowest BCUT2D eigenvalue weighted by Crippen LogP contribution is -2.28. The molecule has 1 fully saturated rings. The number of amides is 1. The number of ether oxygens (including phenoxy) is 1. The molecule has 0 radical (unpaired) electrons. The highest BCUT2D eigenvalue weighted by Crippen LogP contribution is 2.33. The summed E-state index contributed by atoms with van der Waals surface area (Å²) < 4.78 is 23.2. The van der Waals surface area contributed by atoms with Gasteiger partial charge in [0.2, 0.25) is 5.82 Å². The minimum Gasteiger partial charge on any atom is -0.491 e. The van der Waals surface area contributed by atoms with Crippen molar-refractivity contribution in [2.45, 2.75) is 51.2 Å². The van der Waals surface area contributed by atoms with Crippen LogP contribution in [0, 0.1) is 5.82 Å². The molecular formula is C22H25FN4O4. The first-order valence-corrected chi connectivity index (χ1v) is 10.2. The normalized spacial score (nSPS) is 14.1. The van der Waals surface area contributed by atoms with Gasteiger partial charge in [0.15, 0.2) is 11.4 Å². The molecule has 3 heterocycles. The van der Waals surface area contributed by atoms with Gasteiger partial charge in [-0.2, -0.15) is 4.39 Å². The third-order valence-corrected chi connectivity index (χ3v) is 5.30. The second kappa shape index (κ2) is 7.81. The fraction of sp³-hybridized carbons (Fsp3) is 0.409. The summed E-state index contributed by atoms with van der Waals surface area (Å²) in [4.78, 5) is 29.7. The van der Waals surface area contributed by atoms with Crippen molar-refractivity contribution in [3.8, 4) is 5.75 Å². The number of anilines is 1. The SMILES string of the molecule is COc1c(NC(=O)c2cccn(C3CC3)c2=O)cn2cc(CCC(C)(C)O)nc2c1F. The summed E-state index contributed by atoms with van der Waals surface area (Å²) in [7, 11) is 1.30. The van der Waals surface area contributed by atoms with E-state index in [1.807, 2.05) is 0 Å². The van der Waals surface area contributed by atoms with Gasteiger partial charge >= 0.3 is 0 Å². The van der Waals surface area contributed by atoms with Gasteiger partial charge in [-0.15, -0.1) is 0 Å². The Labute approximate surface area is 178 Å². The molecule has 4 rings (SSSR count). The van der Waals surface area contributed by atoms with Crippen LogP contribution in [0.3, 0.4) is 0 Å². The lowest BCUT2D eigenvalue weighted by atomic mass is 10.0. The fourth-order valence-corrected chi connectivity index (χ4v) is 3.48. The molecule has 1 amide bonds. The van der Waals surface area contributed by atoms with Gasteiger partial charge in [-0.05, 0) is 51.7 Å². The van der Waals surface area contributed by atoms with E-state index in [-0.39, 0.29) is 34.2 Å². The third kappa shape index (κ3) is 4.32. The number of carbonyl (C=O) groups excluding carboxylic acids is 1. The van der Waals surface area contributed by atoms with E-state index in [9.17, 15) is 14.7 Å². The van der Waals surface area contributed by atoms with Crippen molar-refractivity contribution in [2.24, 2.45) is 0 Å². The number of rotatable bonds is 7. The number of aliphatic hydroxyl groups is 1. The molecule has 8 nitrogen and oxygen atoms in total. The molecule has 164 valence electrons. The van der Waals surface area contributed by atoms with Gasteiger partial charge in [0.05, 0.1) is 18.4 Å². The van der Waals surface area contributed by atoms with E-state index in [0.29, 0.717) is 18.5 Å². The summed E-state index contributed by atoms with van der Waals surface area (Å²) in [5.74, 6) is -1.53. The molecule has 1 aliphatic rings. The average molecular weight is 428 g/mol. The van der Waals surface area contributed by atoms with Crippen LogP contribution < -0.4 is 15.6 Å². The molecule has 0 bridgehead atoms. The maximum atomic E-state index is 15.1. The van der Waals surface area contributed by atoms with Gasteiger partial charge in [0.1, 0.15) is 11.3 Å². The summed E-state index contributed by atoms with van der Waals surface area (Å²) in [6.07, 6.45) is 7.55. The molecule has 0 saturated heterocycles. The second-order valence-electron chi connectivity index (χ2n) is 8.49. The molecule has 0 aromatic carbocycles. The standard InChI is InChI=1S/C22H25FN4O4/c1-22(2,30)9-8-13-11-26-12-16(18(31-3)17(23)19(26)24-13)25-20(28)15-5-4-10-27(21(15)29)14-6-7-14/h4-5,10-12,14,30H,6-9H2,1-3H3,(H,25,28). The van der Waals surface area contributed by atoms with E-state index in [4.69, 9.17) is 4.74 Å². The highest BCUT2D eigenvalue weighted by Gasteiger charge is 2.27. The van der Waals surface area contributed by atoms with E-state index in [0.717, 1.165) is 12.8 Å². The number of hydrogen-bond donors (Lipinski definition) is 2. The summed E-state index contributed by atoms with van der Waals surface area (Å²) in [6, 6.07) is 3.24. The maximum Gasteiger partial charge on any atom is 0.263 e. The molecule has 0 unspecified atom stereocenters. The van der Waals surface area contributed by atoms with E-state index in [1.165, 1.54) is 23.8 Å². The van der Waals surface area contributed by atoms with Gasteiger partial charge in [-0.1, -0.05) is 0 Å². The third-order valence-electron chi connectivity index (χ3n) is 5.30. The zero-order valence-corrected chi connectivity index (χ0v) is 17.7. The van der Waals surface area contributed by atoms with Crippen molar-refractivity contribution >= 4 is 17.2 Å². The molecule has 9 heteroatoms. The Morgan fingerprint density at radius 2 is 2.13 bits per heavy atom. The number of nitrogens with one attached hydrogen (secondary N) is 1. The topological polar surface area (TPSA) is 97.9 Å². The Hall–Kier alpha value is -3.20. The van der Waals surface area contributed by atoms with Gasteiger partial charge in [0, 0.05) is 24.6 Å². The van der Waals surface area contributed by atoms with E-state index >= 15 is 4.39 Å². The molecule has 1 aliphatic carbocycles. The zero-order chi connectivity index (χ0) is 22.3. The summed E-state index contributed by atoms with van der Waals surface area (Å²) in [5, 5.41) is 12.5. The number of halogens is 1. The highest BCUT2D eigenvalue weighted by molar-refractivity contribution is 6.04. The van der Waals surface area contributed by atoms with Gasteiger partial charge in [-0.25, -0.2) is 4.98 Å². The van der Waals surface area contributed by atoms with Crippen LogP contribution in [0.15, 0.2) is 35.5 Å². The molecule has 0 spiro atoms. The van der Waals surface area contributed by atoms with Crippen LogP contribution in [0.2, 0.25) is 0 Å². The highest BCUT2D eigenvalue weighted by atomic mass is 19.1. The molecule has 31 heavy (non-hydrogen) atoms. The van der Waals surface area contributed by atoms with E-state index in [1.54, 1.807) is 36.9 Å². The first-order valence-electron chi connectivity index (χ1n) is 10.2. The largest absolute Gasteiger partial charge is 0.491 e. The predicted octanol–water partition coefficient (Wildman–Crippen LogP) is 2.93. The molecule has 3 aromatic heterocycles. The van der Waals surface area contributed by atoms with Gasteiger partial charge in [0.25, 0.3) is 11.5 Å². The zero-order valence-electron chi connectivity index (χ0n) is 17.7. The minimum absolute atomic E-state index is 0.0199. The Kier molecular flexibility index (Phi) is 5.30. The smallest absolute Gasteiger partial charge is 0.263 e. The lowest BCUT2D eigenvalue weighted by molar-refractivity contribution is 0.0711. The second-order valence-corrected chi connectivity index (χ2v) is 8.49. The number of aromatic nitrogens is 3. The summed E-state index contributed by atoms with van der Waals surface area (Å²) in [5.41, 5.74) is -0.523. The number of hydrogen-bond acceptors (Lipinski definition) is 5. The minimum atomic E-state index is -0.867.